The zero-order chi connectivity index (χ0) is 22.3. The van der Waals surface area contributed by atoms with Crippen LogP contribution in [0.15, 0.2) is 42.5 Å². The zero-order valence-corrected chi connectivity index (χ0v) is 19.1. The zero-order valence-electron chi connectivity index (χ0n) is 18.3. The minimum Gasteiger partial charge on any atom is -0.493 e. The summed E-state index contributed by atoms with van der Waals surface area (Å²) in [4.78, 5) is 2.08. The number of ether oxygens (including phenoxy) is 3. The number of rotatable bonds is 9. The average molecular weight is 475 g/mol. The molecule has 0 bridgehead atoms. The molecule has 0 unspecified atom stereocenters. The Hall–Kier alpha value is -2.16. The minimum absolute atomic E-state index is 0. The Labute approximate surface area is 193 Å². The molecule has 5 nitrogen and oxygen atoms in total. The van der Waals surface area contributed by atoms with E-state index in [1.807, 2.05) is 30.3 Å². The molecule has 0 radical (unpaired) electrons. The van der Waals surface area contributed by atoms with Gasteiger partial charge in [-0.15, -0.1) is 12.4 Å². The Morgan fingerprint density at radius 3 is 2.19 bits per heavy atom. The van der Waals surface area contributed by atoms with E-state index >= 15 is 0 Å². The monoisotopic (exact) mass is 474 g/mol. The van der Waals surface area contributed by atoms with Crippen LogP contribution in [0.1, 0.15) is 30.0 Å². The summed E-state index contributed by atoms with van der Waals surface area (Å²) < 4.78 is 56.3. The molecule has 0 spiro atoms. The highest BCUT2D eigenvalue weighted by molar-refractivity contribution is 5.85. The molecule has 1 saturated heterocycles. The average Bonchev–Trinajstić information content (AvgIpc) is 2.78. The predicted octanol–water partition coefficient (Wildman–Crippen LogP) is 4.99. The number of nitrogens with one attached hydrogen (secondary N) is 1. The van der Waals surface area contributed by atoms with E-state index in [0.717, 1.165) is 18.7 Å². The first-order valence-electron chi connectivity index (χ1n) is 10.4. The van der Waals surface area contributed by atoms with Crippen molar-refractivity contribution in [2.75, 3.05) is 40.4 Å². The van der Waals surface area contributed by atoms with Gasteiger partial charge in [-0.05, 0) is 18.1 Å². The van der Waals surface area contributed by atoms with E-state index in [0.29, 0.717) is 42.5 Å². The second-order valence-corrected chi connectivity index (χ2v) is 7.47. The molecule has 1 fully saturated rings. The Bertz CT molecular complexity index is 831. The molecule has 3 rings (SSSR count). The first-order chi connectivity index (χ1) is 14.9. The fourth-order valence-corrected chi connectivity index (χ4v) is 3.83. The first-order valence-corrected chi connectivity index (χ1v) is 10.4. The smallest absolute Gasteiger partial charge is 0.389 e. The minimum atomic E-state index is -4.23. The number of alkyl halides is 3. The molecule has 2 aromatic rings. The largest absolute Gasteiger partial charge is 0.493 e. The lowest BCUT2D eigenvalue weighted by Gasteiger charge is -2.36. The van der Waals surface area contributed by atoms with E-state index in [9.17, 15) is 13.2 Å². The van der Waals surface area contributed by atoms with Crippen LogP contribution in [0.25, 0.3) is 0 Å². The number of hydrogen-bond acceptors (Lipinski definition) is 5. The van der Waals surface area contributed by atoms with Crippen molar-refractivity contribution in [1.29, 1.82) is 0 Å². The van der Waals surface area contributed by atoms with Crippen LogP contribution in [0.3, 0.4) is 0 Å². The van der Waals surface area contributed by atoms with Crippen LogP contribution in [-0.4, -0.2) is 51.5 Å². The van der Waals surface area contributed by atoms with Gasteiger partial charge < -0.3 is 19.5 Å². The standard InChI is InChI=1S/C23H29F3N2O3.ClH/c1-29-21-14-18(19(8-9-23(24,25)26)28-12-10-27-11-13-28)20(15-22(21)30-2)31-16-17-6-4-3-5-7-17;/h3-7,14-15,19,27H,8-13,16H2,1-2H3;1H/t19-;/m0./s1. The summed E-state index contributed by atoms with van der Waals surface area (Å²) in [6.07, 6.45) is -5.15. The normalized spacial score (nSPS) is 15.5. The van der Waals surface area contributed by atoms with Crippen LogP contribution >= 0.6 is 12.4 Å². The van der Waals surface area contributed by atoms with Crippen molar-refractivity contribution in [3.63, 3.8) is 0 Å². The van der Waals surface area contributed by atoms with Crippen molar-refractivity contribution in [2.45, 2.75) is 31.7 Å². The lowest BCUT2D eigenvalue weighted by molar-refractivity contribution is -0.138. The maximum absolute atomic E-state index is 13.1. The van der Waals surface area contributed by atoms with E-state index < -0.39 is 18.6 Å². The summed E-state index contributed by atoms with van der Waals surface area (Å²) >= 11 is 0. The van der Waals surface area contributed by atoms with Gasteiger partial charge in [-0.1, -0.05) is 30.3 Å². The summed E-state index contributed by atoms with van der Waals surface area (Å²) in [5.74, 6) is 1.45. The first kappa shape index (κ1) is 26.1. The fourth-order valence-electron chi connectivity index (χ4n) is 3.83. The summed E-state index contributed by atoms with van der Waals surface area (Å²) in [5, 5.41) is 3.26. The lowest BCUT2D eigenvalue weighted by atomic mass is 9.97. The third-order valence-corrected chi connectivity index (χ3v) is 5.41. The van der Waals surface area contributed by atoms with Gasteiger partial charge in [-0.25, -0.2) is 0 Å². The fraction of sp³-hybridized carbons (Fsp3) is 0.478. The van der Waals surface area contributed by atoms with Crippen molar-refractivity contribution in [3.05, 3.63) is 53.6 Å². The molecule has 0 saturated carbocycles. The molecule has 1 N–H and O–H groups in total. The van der Waals surface area contributed by atoms with Crippen LogP contribution in [-0.2, 0) is 6.61 Å². The number of hydrogen-bond donors (Lipinski definition) is 1. The van der Waals surface area contributed by atoms with Gasteiger partial charge in [0.15, 0.2) is 11.5 Å². The van der Waals surface area contributed by atoms with E-state index in [1.54, 1.807) is 12.1 Å². The van der Waals surface area contributed by atoms with E-state index in [4.69, 9.17) is 14.2 Å². The molecule has 0 aliphatic carbocycles. The summed E-state index contributed by atoms with van der Waals surface area (Å²) in [5.41, 5.74) is 1.65. The number of benzene rings is 2. The van der Waals surface area contributed by atoms with Gasteiger partial charge in [0.05, 0.1) is 14.2 Å². The number of piperazine rings is 1. The van der Waals surface area contributed by atoms with Crippen LogP contribution in [0.4, 0.5) is 13.2 Å². The quantitative estimate of drug-likeness (QED) is 0.554. The Morgan fingerprint density at radius 2 is 1.59 bits per heavy atom. The molecular formula is C23H30ClF3N2O3. The number of methoxy groups -OCH3 is 2. The molecule has 1 aliphatic rings. The van der Waals surface area contributed by atoms with E-state index in [1.165, 1.54) is 14.2 Å². The Balaban J connectivity index is 0.00000363. The van der Waals surface area contributed by atoms with Gasteiger partial charge in [0.25, 0.3) is 0 Å². The van der Waals surface area contributed by atoms with Crippen LogP contribution in [0.2, 0.25) is 0 Å². The lowest BCUT2D eigenvalue weighted by Crippen LogP contribution is -2.45. The van der Waals surface area contributed by atoms with Gasteiger partial charge in [0.1, 0.15) is 12.4 Å². The maximum Gasteiger partial charge on any atom is 0.389 e. The summed E-state index contributed by atoms with van der Waals surface area (Å²) in [7, 11) is 3.04. The van der Waals surface area contributed by atoms with Crippen LogP contribution in [0.5, 0.6) is 17.2 Å². The van der Waals surface area contributed by atoms with Crippen LogP contribution < -0.4 is 19.5 Å². The molecule has 0 aromatic heterocycles. The predicted molar refractivity (Wildman–Crippen MR) is 120 cm³/mol. The van der Waals surface area contributed by atoms with E-state index in [2.05, 4.69) is 10.2 Å². The summed E-state index contributed by atoms with van der Waals surface area (Å²) in [6.45, 7) is 3.09. The van der Waals surface area contributed by atoms with Crippen molar-refractivity contribution < 1.29 is 27.4 Å². The highest BCUT2D eigenvalue weighted by atomic mass is 35.5. The Kier molecular flexibility index (Phi) is 9.93. The van der Waals surface area contributed by atoms with Crippen molar-refractivity contribution in [3.8, 4) is 17.2 Å². The van der Waals surface area contributed by atoms with Crippen molar-refractivity contribution >= 4 is 12.4 Å². The van der Waals surface area contributed by atoms with E-state index in [-0.39, 0.29) is 18.8 Å². The molecule has 32 heavy (non-hydrogen) atoms. The molecule has 178 valence electrons. The molecular weight excluding hydrogens is 445 g/mol. The highest BCUT2D eigenvalue weighted by Gasteiger charge is 2.33. The highest BCUT2D eigenvalue weighted by Crippen LogP contribution is 2.42. The third kappa shape index (κ3) is 7.18. The SMILES string of the molecule is COc1cc(OCc2ccccc2)c([C@H](CCC(F)(F)F)N2CCNCC2)cc1OC.Cl. The van der Waals surface area contributed by atoms with Gasteiger partial charge in [-0.2, -0.15) is 13.2 Å². The van der Waals surface area contributed by atoms with Crippen molar-refractivity contribution in [2.24, 2.45) is 0 Å². The Morgan fingerprint density at radius 1 is 0.969 bits per heavy atom. The van der Waals surface area contributed by atoms with Gasteiger partial charge in [0, 0.05) is 50.3 Å². The molecule has 1 heterocycles. The molecule has 1 aliphatic heterocycles. The summed E-state index contributed by atoms with van der Waals surface area (Å²) in [6, 6.07) is 12.7. The number of halogens is 4. The van der Waals surface area contributed by atoms with Crippen molar-refractivity contribution in [1.82, 2.24) is 10.2 Å². The second-order valence-electron chi connectivity index (χ2n) is 7.47. The van der Waals surface area contributed by atoms with Crippen LogP contribution in [0, 0.1) is 0 Å². The third-order valence-electron chi connectivity index (χ3n) is 5.41. The molecule has 1 atom stereocenters. The number of nitrogens with zero attached hydrogens (tertiary/aromatic N) is 1. The maximum atomic E-state index is 13.1. The van der Waals surface area contributed by atoms with Gasteiger partial charge in [0.2, 0.25) is 0 Å². The second kappa shape index (κ2) is 12.2. The topological polar surface area (TPSA) is 43.0 Å². The molecule has 0 amide bonds. The van der Waals surface area contributed by atoms with Gasteiger partial charge >= 0.3 is 6.18 Å². The van der Waals surface area contributed by atoms with Gasteiger partial charge in [-0.3, -0.25) is 4.90 Å². The molecule has 2 aromatic carbocycles. The molecule has 9 heteroatoms.